The second-order valence-electron chi connectivity index (χ2n) is 2.37. The topological polar surface area (TPSA) is 38.7 Å². The number of hydrogen-bond acceptors (Lipinski definition) is 3. The number of ether oxygens (including phenoxy) is 2. The van der Waals surface area contributed by atoms with E-state index < -0.39 is 0 Å². The molecule has 11 heavy (non-hydrogen) atoms. The Hall–Kier alpha value is 0.620. The quantitative estimate of drug-likeness (QED) is 0.724. The first-order valence-electron chi connectivity index (χ1n) is 3.46. The van der Waals surface area contributed by atoms with Crippen LogP contribution in [-0.2, 0) is 31.9 Å². The molecule has 0 heterocycles. The van der Waals surface area contributed by atoms with Gasteiger partial charge in [0.15, 0.2) is 0 Å². The molecule has 2 unspecified atom stereocenters. The maximum Gasteiger partial charge on any atom is 0.0779 e. The zero-order valence-corrected chi connectivity index (χ0v) is 8.62. The molecule has 0 fully saturated rings. The number of hydrogen-bond donors (Lipinski definition) is 1. The third kappa shape index (κ3) is 8.53. The predicted octanol–water partition coefficient (Wildman–Crippen LogP) is 0.416. The van der Waals surface area contributed by atoms with Gasteiger partial charge in [0.2, 0.25) is 0 Å². The van der Waals surface area contributed by atoms with E-state index in [0.717, 1.165) is 0 Å². The molecule has 0 rings (SSSR count). The summed E-state index contributed by atoms with van der Waals surface area (Å²) in [5.41, 5.74) is 0. The summed E-state index contributed by atoms with van der Waals surface area (Å²) in [6.07, 6.45) is 0.0200. The Morgan fingerprint density at radius 1 is 1.27 bits per heavy atom. The summed E-state index contributed by atoms with van der Waals surface area (Å²) < 4.78 is 10.1. The molecule has 2 atom stereocenters. The Morgan fingerprint density at radius 3 is 2.18 bits per heavy atom. The van der Waals surface area contributed by atoms with Gasteiger partial charge < -0.3 is 14.6 Å². The van der Waals surface area contributed by atoms with Crippen LogP contribution < -0.4 is 0 Å². The van der Waals surface area contributed by atoms with Gasteiger partial charge in [-0.2, -0.15) is 0 Å². The monoisotopic (exact) mass is 255 g/mol. The van der Waals surface area contributed by atoms with E-state index in [4.69, 9.17) is 14.6 Å². The van der Waals surface area contributed by atoms with Crippen molar-refractivity contribution in [2.75, 3.05) is 20.3 Å². The Kier molecular flexibility index (Phi) is 11.2. The molecule has 0 aromatic carbocycles. The van der Waals surface area contributed by atoms with Gasteiger partial charge in [-0.3, -0.25) is 0 Å². The fourth-order valence-electron chi connectivity index (χ4n) is 0.421. The molecule has 73 valence electrons. The minimum atomic E-state index is -0.0856. The van der Waals surface area contributed by atoms with Crippen LogP contribution in [0.2, 0.25) is 0 Å². The van der Waals surface area contributed by atoms with Crippen molar-refractivity contribution in [1.82, 2.24) is 0 Å². The van der Waals surface area contributed by atoms with Crippen LogP contribution in [0.15, 0.2) is 0 Å². The molecule has 0 amide bonds. The van der Waals surface area contributed by atoms with E-state index in [1.807, 2.05) is 13.8 Å². The van der Waals surface area contributed by atoms with E-state index in [1.54, 1.807) is 7.11 Å². The molecule has 0 aliphatic rings. The summed E-state index contributed by atoms with van der Waals surface area (Å²) in [7, 11) is 1.64. The molecule has 0 bridgehead atoms. The van der Waals surface area contributed by atoms with Gasteiger partial charge >= 0.3 is 0 Å². The zero-order valence-electron chi connectivity index (χ0n) is 7.13. The summed E-state index contributed by atoms with van der Waals surface area (Å²) in [5.74, 6) is 0. The summed E-state index contributed by atoms with van der Waals surface area (Å²) in [6.45, 7) is 4.35. The molecule has 1 N–H and O–H groups in total. The van der Waals surface area contributed by atoms with Gasteiger partial charge in [0.05, 0.1) is 25.4 Å². The third-order valence-corrected chi connectivity index (χ3v) is 1.27. The molecule has 3 nitrogen and oxygen atoms in total. The SMILES string of the molecule is COC(C)COC(C)CO.[Ag]. The van der Waals surface area contributed by atoms with Gasteiger partial charge in [0, 0.05) is 29.5 Å². The van der Waals surface area contributed by atoms with Crippen molar-refractivity contribution in [3.8, 4) is 0 Å². The first kappa shape index (κ1) is 14.2. The molecular formula is C7H16AgO3. The van der Waals surface area contributed by atoms with Crippen molar-refractivity contribution in [1.29, 1.82) is 0 Å². The maximum absolute atomic E-state index is 8.55. The van der Waals surface area contributed by atoms with Crippen molar-refractivity contribution in [3.05, 3.63) is 0 Å². The minimum absolute atomic E-state index is 0. The van der Waals surface area contributed by atoms with Crippen molar-refractivity contribution < 1.29 is 37.0 Å². The average Bonchev–Trinajstić information content (AvgIpc) is 1.99. The van der Waals surface area contributed by atoms with Crippen molar-refractivity contribution in [2.24, 2.45) is 0 Å². The molecule has 0 spiro atoms. The maximum atomic E-state index is 8.55. The van der Waals surface area contributed by atoms with E-state index >= 15 is 0 Å². The predicted molar refractivity (Wildman–Crippen MR) is 39.0 cm³/mol. The molecular weight excluding hydrogens is 240 g/mol. The van der Waals surface area contributed by atoms with Gasteiger partial charge in [-0.25, -0.2) is 0 Å². The summed E-state index contributed by atoms with van der Waals surface area (Å²) in [5, 5.41) is 8.55. The van der Waals surface area contributed by atoms with Gasteiger partial charge in [-0.1, -0.05) is 0 Å². The first-order chi connectivity index (χ1) is 4.70. The average molecular weight is 256 g/mol. The van der Waals surface area contributed by atoms with E-state index in [9.17, 15) is 0 Å². The fraction of sp³-hybridized carbons (Fsp3) is 1.00. The van der Waals surface area contributed by atoms with E-state index in [1.165, 1.54) is 0 Å². The number of rotatable bonds is 5. The molecule has 1 radical (unpaired) electrons. The van der Waals surface area contributed by atoms with Crippen LogP contribution in [0.25, 0.3) is 0 Å². The fourth-order valence-corrected chi connectivity index (χ4v) is 0.421. The van der Waals surface area contributed by atoms with Gasteiger partial charge in [0.25, 0.3) is 0 Å². The normalized spacial score (nSPS) is 15.3. The first-order valence-corrected chi connectivity index (χ1v) is 3.46. The van der Waals surface area contributed by atoms with Crippen molar-refractivity contribution in [3.63, 3.8) is 0 Å². The molecule has 0 aromatic rings. The number of aliphatic hydroxyl groups excluding tert-OH is 1. The minimum Gasteiger partial charge on any atom is -0.394 e. The van der Waals surface area contributed by atoms with Crippen LogP contribution in [0, 0.1) is 0 Å². The summed E-state index contributed by atoms with van der Waals surface area (Å²) in [6, 6.07) is 0. The van der Waals surface area contributed by atoms with Crippen molar-refractivity contribution >= 4 is 0 Å². The molecule has 0 aliphatic carbocycles. The van der Waals surface area contributed by atoms with Crippen LogP contribution in [0.1, 0.15) is 13.8 Å². The summed E-state index contributed by atoms with van der Waals surface area (Å²) in [4.78, 5) is 0. The van der Waals surface area contributed by atoms with Gasteiger partial charge in [-0.05, 0) is 13.8 Å². The van der Waals surface area contributed by atoms with E-state index in [2.05, 4.69) is 0 Å². The Labute approximate surface area is 83.6 Å². The molecule has 0 saturated heterocycles. The molecule has 0 saturated carbocycles. The third-order valence-electron chi connectivity index (χ3n) is 1.27. The van der Waals surface area contributed by atoms with Crippen LogP contribution in [0.3, 0.4) is 0 Å². The standard InChI is InChI=1S/C7H16O3.Ag/c1-6(4-8)10-5-7(2)9-3;/h6-8H,4-5H2,1-3H3;. The number of aliphatic hydroxyl groups is 1. The summed E-state index contributed by atoms with van der Waals surface area (Å²) >= 11 is 0. The second-order valence-corrected chi connectivity index (χ2v) is 2.37. The smallest absolute Gasteiger partial charge is 0.0779 e. The molecule has 0 aliphatic heterocycles. The van der Waals surface area contributed by atoms with Gasteiger partial charge in [-0.15, -0.1) is 0 Å². The van der Waals surface area contributed by atoms with Crippen molar-refractivity contribution in [2.45, 2.75) is 26.1 Å². The number of methoxy groups -OCH3 is 1. The molecule has 4 heteroatoms. The second kappa shape index (κ2) is 8.71. The van der Waals surface area contributed by atoms with Crippen LogP contribution >= 0.6 is 0 Å². The van der Waals surface area contributed by atoms with Crippen LogP contribution in [0.5, 0.6) is 0 Å². The Morgan fingerprint density at radius 2 is 1.82 bits per heavy atom. The Balaban J connectivity index is 0. The zero-order chi connectivity index (χ0) is 7.98. The van der Waals surface area contributed by atoms with E-state index in [-0.39, 0.29) is 41.2 Å². The van der Waals surface area contributed by atoms with Crippen LogP contribution in [-0.4, -0.2) is 37.6 Å². The largest absolute Gasteiger partial charge is 0.394 e. The van der Waals surface area contributed by atoms with Gasteiger partial charge in [0.1, 0.15) is 0 Å². The molecule has 0 aromatic heterocycles. The Bertz CT molecular complexity index is 70.1. The van der Waals surface area contributed by atoms with E-state index in [0.29, 0.717) is 6.61 Å². The van der Waals surface area contributed by atoms with Crippen LogP contribution in [0.4, 0.5) is 0 Å².